The number of carbonyl (C=O) groups is 1. The first-order valence-corrected chi connectivity index (χ1v) is 7.85. The van der Waals surface area contributed by atoms with E-state index in [1.54, 1.807) is 16.4 Å². The topological polar surface area (TPSA) is 72.9 Å². The zero-order valence-electron chi connectivity index (χ0n) is 12.7. The van der Waals surface area contributed by atoms with Crippen molar-refractivity contribution in [3.05, 3.63) is 41.6 Å². The number of aryl methyl sites for hydroxylation is 1. The van der Waals surface area contributed by atoms with E-state index >= 15 is 0 Å². The average molecular weight is 304 g/mol. The van der Waals surface area contributed by atoms with Crippen LogP contribution in [0.3, 0.4) is 0 Å². The maximum Gasteiger partial charge on any atom is 0.317 e. The third-order valence-electron chi connectivity index (χ3n) is 3.37. The van der Waals surface area contributed by atoms with Gasteiger partial charge in [-0.2, -0.15) is 16.9 Å². The summed E-state index contributed by atoms with van der Waals surface area (Å²) in [4.78, 5) is 11.2. The second-order valence-electron chi connectivity index (χ2n) is 5.37. The normalized spacial score (nSPS) is 11.4. The number of urea groups is 1. The number of rotatable bonds is 4. The summed E-state index contributed by atoms with van der Waals surface area (Å²) in [5.41, 5.74) is 8.19. The van der Waals surface area contributed by atoms with Crippen LogP contribution in [0.4, 0.5) is 10.6 Å². The van der Waals surface area contributed by atoms with Crippen LogP contribution in [0.25, 0.3) is 5.69 Å². The molecule has 5 nitrogen and oxygen atoms in total. The number of benzene rings is 1. The highest BCUT2D eigenvalue weighted by Crippen LogP contribution is 2.34. The average Bonchev–Trinajstić information content (AvgIpc) is 2.83. The van der Waals surface area contributed by atoms with Gasteiger partial charge in [0.2, 0.25) is 0 Å². The second-order valence-corrected chi connectivity index (χ2v) is 6.79. The predicted octanol–water partition coefficient (Wildman–Crippen LogP) is 3.27. The quantitative estimate of drug-likeness (QED) is 0.910. The molecule has 3 N–H and O–H groups in total. The summed E-state index contributed by atoms with van der Waals surface area (Å²) in [7, 11) is 0. The van der Waals surface area contributed by atoms with Gasteiger partial charge in [-0.25, -0.2) is 9.48 Å². The fourth-order valence-corrected chi connectivity index (χ4v) is 2.19. The molecule has 0 aliphatic carbocycles. The molecule has 0 aliphatic heterocycles. The number of anilines is 1. The minimum atomic E-state index is -0.600. The molecule has 0 atom stereocenters. The molecule has 0 saturated heterocycles. The van der Waals surface area contributed by atoms with E-state index < -0.39 is 6.03 Å². The molecule has 112 valence electrons. The molecule has 0 fully saturated rings. The summed E-state index contributed by atoms with van der Waals surface area (Å²) >= 11 is 1.70. The molecule has 1 heterocycles. The number of amides is 2. The van der Waals surface area contributed by atoms with Crippen molar-refractivity contribution in [2.24, 2.45) is 5.73 Å². The van der Waals surface area contributed by atoms with Crippen molar-refractivity contribution in [2.75, 3.05) is 11.6 Å². The lowest BCUT2D eigenvalue weighted by atomic mass is 10.1. The molecule has 1 aromatic heterocycles. The standard InChI is InChI=1S/C15H20N4OS/c1-10-5-7-11(8-6-10)19-13(17-14(16)20)9-12(18-19)15(2,3)21-4/h5-9H,1-4H3,(H3,16,17,20). The minimum absolute atomic E-state index is 0.149. The summed E-state index contributed by atoms with van der Waals surface area (Å²) in [5, 5.41) is 7.26. The molecule has 1 aromatic carbocycles. The van der Waals surface area contributed by atoms with Crippen molar-refractivity contribution >= 4 is 23.6 Å². The first-order chi connectivity index (χ1) is 9.83. The Morgan fingerprint density at radius 2 is 1.95 bits per heavy atom. The van der Waals surface area contributed by atoms with Crippen LogP contribution in [0.2, 0.25) is 0 Å². The van der Waals surface area contributed by atoms with Gasteiger partial charge >= 0.3 is 6.03 Å². The van der Waals surface area contributed by atoms with E-state index in [9.17, 15) is 4.79 Å². The number of nitrogens with one attached hydrogen (secondary N) is 1. The van der Waals surface area contributed by atoms with Crippen molar-refractivity contribution in [3.63, 3.8) is 0 Å². The van der Waals surface area contributed by atoms with E-state index in [-0.39, 0.29) is 4.75 Å². The molecule has 2 aromatic rings. The Bertz CT molecular complexity index is 646. The van der Waals surface area contributed by atoms with Gasteiger partial charge in [0.05, 0.1) is 16.1 Å². The molecule has 0 radical (unpaired) electrons. The van der Waals surface area contributed by atoms with Crippen LogP contribution in [0, 0.1) is 6.92 Å². The summed E-state index contributed by atoms with van der Waals surface area (Å²) in [6.07, 6.45) is 2.03. The van der Waals surface area contributed by atoms with Crippen molar-refractivity contribution in [3.8, 4) is 5.69 Å². The van der Waals surface area contributed by atoms with Crippen LogP contribution in [-0.2, 0) is 4.75 Å². The molecule has 0 bridgehead atoms. The highest BCUT2D eigenvalue weighted by Gasteiger charge is 2.24. The van der Waals surface area contributed by atoms with E-state index in [2.05, 4.69) is 24.3 Å². The van der Waals surface area contributed by atoms with Gasteiger partial charge in [0.25, 0.3) is 0 Å². The summed E-state index contributed by atoms with van der Waals surface area (Å²) in [6, 6.07) is 9.20. The summed E-state index contributed by atoms with van der Waals surface area (Å²) < 4.78 is 1.56. The van der Waals surface area contributed by atoms with Crippen LogP contribution in [0.15, 0.2) is 30.3 Å². The van der Waals surface area contributed by atoms with E-state index in [1.165, 1.54) is 5.56 Å². The maximum absolute atomic E-state index is 11.2. The number of nitrogens with two attached hydrogens (primary N) is 1. The molecular weight excluding hydrogens is 284 g/mol. The summed E-state index contributed by atoms with van der Waals surface area (Å²) in [5.74, 6) is 0.573. The van der Waals surface area contributed by atoms with E-state index in [4.69, 9.17) is 5.73 Å². The van der Waals surface area contributed by atoms with Gasteiger partial charge in [0.1, 0.15) is 5.82 Å². The Hall–Kier alpha value is -1.95. The summed E-state index contributed by atoms with van der Waals surface area (Å²) in [6.45, 7) is 6.21. The molecule has 6 heteroatoms. The highest BCUT2D eigenvalue weighted by molar-refractivity contribution is 7.99. The van der Waals surface area contributed by atoms with Crippen molar-refractivity contribution in [1.29, 1.82) is 0 Å². The first-order valence-electron chi connectivity index (χ1n) is 6.62. The van der Waals surface area contributed by atoms with Gasteiger partial charge in [-0.15, -0.1) is 0 Å². The third-order valence-corrected chi connectivity index (χ3v) is 4.60. The van der Waals surface area contributed by atoms with E-state index in [0.717, 1.165) is 11.4 Å². The minimum Gasteiger partial charge on any atom is -0.351 e. The number of nitrogens with zero attached hydrogens (tertiary/aromatic N) is 2. The van der Waals surface area contributed by atoms with E-state index in [0.29, 0.717) is 5.82 Å². The molecule has 21 heavy (non-hydrogen) atoms. The zero-order valence-corrected chi connectivity index (χ0v) is 13.5. The predicted molar refractivity (Wildman–Crippen MR) is 88.0 cm³/mol. The van der Waals surface area contributed by atoms with Gasteiger partial charge < -0.3 is 5.73 Å². The van der Waals surface area contributed by atoms with Crippen LogP contribution < -0.4 is 11.1 Å². The van der Waals surface area contributed by atoms with Crippen LogP contribution >= 0.6 is 11.8 Å². The van der Waals surface area contributed by atoms with Crippen molar-refractivity contribution in [2.45, 2.75) is 25.5 Å². The van der Waals surface area contributed by atoms with Gasteiger partial charge in [0, 0.05) is 6.07 Å². The second kappa shape index (κ2) is 5.81. The molecular formula is C15H20N4OS. The first kappa shape index (κ1) is 15.4. The van der Waals surface area contributed by atoms with Crippen molar-refractivity contribution in [1.82, 2.24) is 9.78 Å². The molecule has 2 amide bonds. The Morgan fingerprint density at radius 3 is 2.48 bits per heavy atom. The van der Waals surface area contributed by atoms with Crippen LogP contribution in [-0.4, -0.2) is 22.1 Å². The Labute approximate surface area is 128 Å². The maximum atomic E-state index is 11.2. The smallest absolute Gasteiger partial charge is 0.317 e. The van der Waals surface area contributed by atoms with Crippen LogP contribution in [0.5, 0.6) is 0 Å². The number of hydrogen-bond donors (Lipinski definition) is 2. The number of aromatic nitrogens is 2. The number of carbonyl (C=O) groups excluding carboxylic acids is 1. The Kier molecular flexibility index (Phi) is 4.27. The number of hydrogen-bond acceptors (Lipinski definition) is 3. The lowest BCUT2D eigenvalue weighted by molar-refractivity contribution is 0.259. The third kappa shape index (κ3) is 3.39. The molecule has 0 spiro atoms. The lowest BCUT2D eigenvalue weighted by Crippen LogP contribution is -2.21. The monoisotopic (exact) mass is 304 g/mol. The van der Waals surface area contributed by atoms with Gasteiger partial charge in [-0.05, 0) is 39.2 Å². The molecule has 2 rings (SSSR count). The molecule has 0 unspecified atom stereocenters. The van der Waals surface area contributed by atoms with Gasteiger partial charge in [-0.3, -0.25) is 5.32 Å². The van der Waals surface area contributed by atoms with Gasteiger partial charge in [-0.1, -0.05) is 17.7 Å². The number of thioether (sulfide) groups is 1. The number of primary amides is 1. The van der Waals surface area contributed by atoms with Crippen LogP contribution in [0.1, 0.15) is 25.1 Å². The Morgan fingerprint density at radius 1 is 1.33 bits per heavy atom. The van der Waals surface area contributed by atoms with Crippen molar-refractivity contribution < 1.29 is 4.79 Å². The molecule has 0 aliphatic rings. The van der Waals surface area contributed by atoms with Gasteiger partial charge in [0.15, 0.2) is 0 Å². The van der Waals surface area contributed by atoms with E-state index in [1.807, 2.05) is 43.5 Å². The Balaban J connectivity index is 2.52. The largest absolute Gasteiger partial charge is 0.351 e. The zero-order chi connectivity index (χ0) is 15.6. The SMILES string of the molecule is CSC(C)(C)c1cc(NC(N)=O)n(-c2ccc(C)cc2)n1. The highest BCUT2D eigenvalue weighted by atomic mass is 32.2. The molecule has 0 saturated carbocycles. The fourth-order valence-electron chi connectivity index (χ4n) is 1.88. The fraction of sp³-hybridized carbons (Fsp3) is 0.333. The lowest BCUT2D eigenvalue weighted by Gasteiger charge is -2.18.